The summed E-state index contributed by atoms with van der Waals surface area (Å²) in [7, 11) is 3.95. The molecule has 0 radical (unpaired) electrons. The zero-order chi connectivity index (χ0) is 15.2. The normalized spacial score (nSPS) is 16.2. The third-order valence-corrected chi connectivity index (χ3v) is 3.91. The smallest absolute Gasteiger partial charge is 0.243 e. The van der Waals surface area contributed by atoms with Crippen molar-refractivity contribution >= 4 is 5.91 Å². The van der Waals surface area contributed by atoms with Crippen molar-refractivity contribution in [2.75, 3.05) is 20.6 Å². The van der Waals surface area contributed by atoms with E-state index in [1.165, 1.54) is 25.7 Å². The second-order valence-corrected chi connectivity index (χ2v) is 6.04. The van der Waals surface area contributed by atoms with E-state index < -0.39 is 0 Å². The molecule has 1 heterocycles. The van der Waals surface area contributed by atoms with Crippen molar-refractivity contribution in [1.29, 1.82) is 0 Å². The van der Waals surface area contributed by atoms with Gasteiger partial charge in [-0.25, -0.2) is 0 Å². The van der Waals surface area contributed by atoms with Crippen molar-refractivity contribution in [2.45, 2.75) is 45.2 Å². The van der Waals surface area contributed by atoms with Crippen molar-refractivity contribution in [3.05, 3.63) is 29.6 Å². The largest absolute Gasteiger partial charge is 0.348 e. The molecule has 0 aliphatic heterocycles. The fourth-order valence-electron chi connectivity index (χ4n) is 2.66. The highest BCUT2D eigenvalue weighted by Crippen LogP contribution is 2.29. The Kier molecular flexibility index (Phi) is 5.56. The number of nitrogens with one attached hydrogen (secondary N) is 1. The van der Waals surface area contributed by atoms with E-state index in [1.807, 2.05) is 32.0 Å². The number of nitrogens with zero attached hydrogens (tertiary/aromatic N) is 3. The highest BCUT2D eigenvalue weighted by Gasteiger charge is 2.18. The van der Waals surface area contributed by atoms with Crippen LogP contribution in [0, 0.1) is 6.92 Å². The summed E-state index contributed by atoms with van der Waals surface area (Å²) in [5, 5.41) is 7.52. The van der Waals surface area contributed by atoms with Crippen LogP contribution in [-0.2, 0) is 11.3 Å². The minimum atomic E-state index is -0.0510. The minimum absolute atomic E-state index is 0.0510. The molecule has 2 rings (SSSR count). The molecule has 0 atom stereocenters. The SMILES string of the molecule is Cc1nn(C2CCCC2)cc1CNC(=O)/C=C/CN(C)C. The summed E-state index contributed by atoms with van der Waals surface area (Å²) in [5.41, 5.74) is 2.12. The molecule has 1 N–H and O–H groups in total. The molecule has 0 bridgehead atoms. The van der Waals surface area contributed by atoms with Gasteiger partial charge in [0.2, 0.25) is 5.91 Å². The van der Waals surface area contributed by atoms with Gasteiger partial charge < -0.3 is 10.2 Å². The van der Waals surface area contributed by atoms with Crippen LogP contribution in [0.3, 0.4) is 0 Å². The van der Waals surface area contributed by atoms with Crippen molar-refractivity contribution in [2.24, 2.45) is 0 Å². The average molecular weight is 290 g/mol. The number of likely N-dealkylation sites (N-methyl/N-ethyl adjacent to an activating group) is 1. The molecular formula is C16H26N4O. The Morgan fingerprint density at radius 1 is 1.48 bits per heavy atom. The van der Waals surface area contributed by atoms with Gasteiger partial charge in [0.05, 0.1) is 11.7 Å². The van der Waals surface area contributed by atoms with E-state index >= 15 is 0 Å². The van der Waals surface area contributed by atoms with Gasteiger partial charge >= 0.3 is 0 Å². The lowest BCUT2D eigenvalue weighted by atomic mass is 10.2. The fraction of sp³-hybridized carbons (Fsp3) is 0.625. The van der Waals surface area contributed by atoms with Crippen LogP contribution >= 0.6 is 0 Å². The topological polar surface area (TPSA) is 50.2 Å². The van der Waals surface area contributed by atoms with E-state index in [9.17, 15) is 4.79 Å². The third-order valence-electron chi connectivity index (χ3n) is 3.91. The molecule has 1 fully saturated rings. The molecular weight excluding hydrogens is 264 g/mol. The Labute approximate surface area is 127 Å². The summed E-state index contributed by atoms with van der Waals surface area (Å²) < 4.78 is 2.09. The van der Waals surface area contributed by atoms with Gasteiger partial charge in [0.25, 0.3) is 0 Å². The molecule has 0 aromatic carbocycles. The number of aromatic nitrogens is 2. The summed E-state index contributed by atoms with van der Waals surface area (Å²) in [4.78, 5) is 13.7. The molecule has 1 amide bonds. The number of carbonyl (C=O) groups is 1. The number of hydrogen-bond donors (Lipinski definition) is 1. The standard InChI is InChI=1S/C16H26N4O/c1-13-14(11-17-16(21)9-6-10-19(2)3)12-20(18-13)15-7-4-5-8-15/h6,9,12,15H,4-5,7-8,10-11H2,1-3H3,(H,17,21)/b9-6+. The molecule has 0 unspecified atom stereocenters. The van der Waals surface area contributed by atoms with E-state index in [1.54, 1.807) is 6.08 Å². The molecule has 116 valence electrons. The van der Waals surface area contributed by atoms with Gasteiger partial charge in [-0.05, 0) is 33.9 Å². The number of amides is 1. The molecule has 21 heavy (non-hydrogen) atoms. The molecule has 1 aliphatic carbocycles. The second-order valence-electron chi connectivity index (χ2n) is 6.04. The van der Waals surface area contributed by atoms with Crippen molar-refractivity contribution in [3.63, 3.8) is 0 Å². The van der Waals surface area contributed by atoms with Crippen molar-refractivity contribution < 1.29 is 4.79 Å². The lowest BCUT2D eigenvalue weighted by Gasteiger charge is -2.08. The summed E-state index contributed by atoms with van der Waals surface area (Å²) in [6.07, 6.45) is 10.6. The molecule has 1 aromatic heterocycles. The summed E-state index contributed by atoms with van der Waals surface area (Å²) in [5.74, 6) is -0.0510. The first kappa shape index (κ1) is 15.8. The number of rotatable bonds is 6. The van der Waals surface area contributed by atoms with Crippen LogP contribution in [-0.4, -0.2) is 41.2 Å². The highest BCUT2D eigenvalue weighted by atomic mass is 16.1. The Bertz CT molecular complexity index is 498. The first-order chi connectivity index (χ1) is 10.1. The monoisotopic (exact) mass is 290 g/mol. The Morgan fingerprint density at radius 2 is 2.19 bits per heavy atom. The summed E-state index contributed by atoms with van der Waals surface area (Å²) >= 11 is 0. The van der Waals surface area contributed by atoms with Crippen LogP contribution in [0.1, 0.15) is 43.0 Å². The van der Waals surface area contributed by atoms with Gasteiger partial charge in [-0.15, -0.1) is 0 Å². The van der Waals surface area contributed by atoms with Gasteiger partial charge in [0, 0.05) is 30.9 Å². The van der Waals surface area contributed by atoms with Gasteiger partial charge in [0.15, 0.2) is 0 Å². The van der Waals surface area contributed by atoms with Crippen molar-refractivity contribution in [3.8, 4) is 0 Å². The van der Waals surface area contributed by atoms with Crippen LogP contribution in [0.2, 0.25) is 0 Å². The molecule has 5 nitrogen and oxygen atoms in total. The van der Waals surface area contributed by atoms with Crippen LogP contribution in [0.5, 0.6) is 0 Å². The van der Waals surface area contributed by atoms with Crippen LogP contribution < -0.4 is 5.32 Å². The number of carbonyl (C=O) groups excluding carboxylic acids is 1. The molecule has 1 saturated carbocycles. The zero-order valence-corrected chi connectivity index (χ0v) is 13.3. The van der Waals surface area contributed by atoms with Gasteiger partial charge in [-0.3, -0.25) is 9.48 Å². The maximum absolute atomic E-state index is 11.7. The summed E-state index contributed by atoms with van der Waals surface area (Å²) in [6.45, 7) is 3.32. The lowest BCUT2D eigenvalue weighted by Crippen LogP contribution is -2.21. The Balaban J connectivity index is 1.85. The molecule has 1 aliphatic rings. The van der Waals surface area contributed by atoms with E-state index in [0.29, 0.717) is 12.6 Å². The Hall–Kier alpha value is -1.62. The molecule has 0 saturated heterocycles. The Morgan fingerprint density at radius 3 is 2.86 bits per heavy atom. The van der Waals surface area contributed by atoms with E-state index in [-0.39, 0.29) is 5.91 Å². The highest BCUT2D eigenvalue weighted by molar-refractivity contribution is 5.87. The minimum Gasteiger partial charge on any atom is -0.348 e. The van der Waals surface area contributed by atoms with Crippen LogP contribution in [0.15, 0.2) is 18.3 Å². The van der Waals surface area contributed by atoms with Crippen LogP contribution in [0.25, 0.3) is 0 Å². The zero-order valence-electron chi connectivity index (χ0n) is 13.3. The molecule has 5 heteroatoms. The van der Waals surface area contributed by atoms with Gasteiger partial charge in [-0.2, -0.15) is 5.10 Å². The van der Waals surface area contributed by atoms with Gasteiger partial charge in [-0.1, -0.05) is 18.9 Å². The molecule has 0 spiro atoms. The lowest BCUT2D eigenvalue weighted by molar-refractivity contribution is -0.116. The number of aryl methyl sites for hydroxylation is 1. The van der Waals surface area contributed by atoms with E-state index in [2.05, 4.69) is 21.3 Å². The molecule has 1 aromatic rings. The maximum atomic E-state index is 11.7. The predicted octanol–water partition coefficient (Wildman–Crippen LogP) is 2.04. The van der Waals surface area contributed by atoms with E-state index in [4.69, 9.17) is 0 Å². The number of hydrogen-bond acceptors (Lipinski definition) is 3. The predicted molar refractivity (Wildman–Crippen MR) is 84.0 cm³/mol. The summed E-state index contributed by atoms with van der Waals surface area (Å²) in [6, 6.07) is 0.549. The maximum Gasteiger partial charge on any atom is 0.243 e. The van der Waals surface area contributed by atoms with Crippen molar-refractivity contribution in [1.82, 2.24) is 20.0 Å². The van der Waals surface area contributed by atoms with E-state index in [0.717, 1.165) is 17.8 Å². The fourth-order valence-corrected chi connectivity index (χ4v) is 2.66. The average Bonchev–Trinajstić information content (AvgIpc) is 3.05. The quantitative estimate of drug-likeness (QED) is 0.816. The second kappa shape index (κ2) is 7.41. The third kappa shape index (κ3) is 4.70. The van der Waals surface area contributed by atoms with Gasteiger partial charge in [0.1, 0.15) is 0 Å². The first-order valence-electron chi connectivity index (χ1n) is 7.70. The van der Waals surface area contributed by atoms with Crippen LogP contribution in [0.4, 0.5) is 0 Å². The first-order valence-corrected chi connectivity index (χ1v) is 7.70.